The number of halogens is 1. The zero-order valence-electron chi connectivity index (χ0n) is 18.1. The molecule has 1 aromatic heterocycles. The summed E-state index contributed by atoms with van der Waals surface area (Å²) in [5.74, 6) is 2.12. The van der Waals surface area contributed by atoms with Crippen LogP contribution in [0.5, 0.6) is 5.75 Å². The molecule has 2 aromatic carbocycles. The highest BCUT2D eigenvalue weighted by Gasteiger charge is 2.26. The predicted molar refractivity (Wildman–Crippen MR) is 122 cm³/mol. The Balaban J connectivity index is 1.22. The third kappa shape index (κ3) is 5.87. The molecule has 1 fully saturated rings. The smallest absolute Gasteiger partial charge is 0.241 e. The van der Waals surface area contributed by atoms with E-state index in [1.807, 2.05) is 43.3 Å². The minimum atomic E-state index is 0.0289. The Morgan fingerprint density at radius 2 is 1.88 bits per heavy atom. The Bertz CT molecular complexity index is 1010. The van der Waals surface area contributed by atoms with Gasteiger partial charge in [0.1, 0.15) is 5.75 Å². The van der Waals surface area contributed by atoms with Crippen molar-refractivity contribution in [1.29, 1.82) is 0 Å². The number of rotatable bonds is 8. The summed E-state index contributed by atoms with van der Waals surface area (Å²) in [5, 5.41) is 7.80. The van der Waals surface area contributed by atoms with Crippen molar-refractivity contribution in [2.24, 2.45) is 5.92 Å². The minimum absolute atomic E-state index is 0.0289. The fourth-order valence-electron chi connectivity index (χ4n) is 3.78. The molecule has 7 nitrogen and oxygen atoms in total. The van der Waals surface area contributed by atoms with Crippen LogP contribution in [0.15, 0.2) is 53.1 Å². The molecule has 1 aliphatic heterocycles. The van der Waals surface area contributed by atoms with E-state index in [-0.39, 0.29) is 11.8 Å². The number of hydrogen-bond acceptors (Lipinski definition) is 6. The van der Waals surface area contributed by atoms with E-state index >= 15 is 0 Å². The molecule has 0 unspecified atom stereocenters. The van der Waals surface area contributed by atoms with Gasteiger partial charge in [0.2, 0.25) is 17.6 Å². The highest BCUT2D eigenvalue weighted by Crippen LogP contribution is 2.22. The molecule has 1 aliphatic rings. The van der Waals surface area contributed by atoms with Gasteiger partial charge in [0.05, 0.1) is 13.2 Å². The molecule has 0 aliphatic carbocycles. The fourth-order valence-corrected chi connectivity index (χ4v) is 3.91. The van der Waals surface area contributed by atoms with Crippen LogP contribution in [0.3, 0.4) is 0 Å². The molecule has 0 saturated carbocycles. The molecule has 0 atom stereocenters. The topological polar surface area (TPSA) is 80.5 Å². The third-order valence-electron chi connectivity index (χ3n) is 5.59. The summed E-state index contributed by atoms with van der Waals surface area (Å²) >= 11 is 5.93. The van der Waals surface area contributed by atoms with Crippen LogP contribution < -0.4 is 10.1 Å². The Labute approximate surface area is 192 Å². The lowest BCUT2D eigenvalue weighted by Gasteiger charge is -2.30. The van der Waals surface area contributed by atoms with Gasteiger partial charge in [-0.2, -0.15) is 4.98 Å². The number of carbonyl (C=O) groups is 1. The van der Waals surface area contributed by atoms with E-state index < -0.39 is 0 Å². The molecular weight excluding hydrogens is 428 g/mol. The van der Waals surface area contributed by atoms with Crippen LogP contribution in [-0.4, -0.2) is 40.6 Å². The highest BCUT2D eigenvalue weighted by atomic mass is 35.5. The number of aromatic nitrogens is 2. The Morgan fingerprint density at radius 3 is 2.56 bits per heavy atom. The van der Waals surface area contributed by atoms with Crippen LogP contribution in [0.2, 0.25) is 5.02 Å². The number of nitrogens with one attached hydrogen (secondary N) is 1. The minimum Gasteiger partial charge on any atom is -0.494 e. The van der Waals surface area contributed by atoms with Crippen molar-refractivity contribution in [3.8, 4) is 17.1 Å². The van der Waals surface area contributed by atoms with Crippen LogP contribution in [0.1, 0.15) is 31.2 Å². The van der Waals surface area contributed by atoms with Crippen molar-refractivity contribution in [2.75, 3.05) is 19.7 Å². The zero-order chi connectivity index (χ0) is 22.3. The van der Waals surface area contributed by atoms with E-state index in [1.165, 1.54) is 0 Å². The summed E-state index contributed by atoms with van der Waals surface area (Å²) in [5.41, 5.74) is 1.93. The standard InChI is InChI=1S/C24H27ClN4O3/c1-2-31-21-9-3-17(4-10-21)15-26-24(30)19-11-13-29(14-12-19)16-22-27-23(28-32-22)18-5-7-20(25)8-6-18/h3-10,19H,2,11-16H2,1H3,(H,26,30). The van der Waals surface area contributed by atoms with E-state index in [1.54, 1.807) is 12.1 Å². The van der Waals surface area contributed by atoms with Crippen LogP contribution >= 0.6 is 11.6 Å². The van der Waals surface area contributed by atoms with Crippen LogP contribution in [-0.2, 0) is 17.9 Å². The number of hydrogen-bond donors (Lipinski definition) is 1. The lowest BCUT2D eigenvalue weighted by Crippen LogP contribution is -2.40. The first-order valence-corrected chi connectivity index (χ1v) is 11.3. The lowest BCUT2D eigenvalue weighted by molar-refractivity contribution is -0.126. The number of carbonyl (C=O) groups excluding carboxylic acids is 1. The Hall–Kier alpha value is -2.90. The molecular formula is C24H27ClN4O3. The van der Waals surface area contributed by atoms with Crippen molar-refractivity contribution >= 4 is 17.5 Å². The molecule has 2 heterocycles. The van der Waals surface area contributed by atoms with E-state index in [2.05, 4.69) is 20.4 Å². The molecule has 4 rings (SSSR count). The number of likely N-dealkylation sites (tertiary alicyclic amines) is 1. The normalized spacial score (nSPS) is 14.9. The number of ether oxygens (including phenoxy) is 1. The van der Waals surface area contributed by atoms with Gasteiger partial charge in [-0.25, -0.2) is 0 Å². The summed E-state index contributed by atoms with van der Waals surface area (Å²) in [7, 11) is 0. The highest BCUT2D eigenvalue weighted by molar-refractivity contribution is 6.30. The van der Waals surface area contributed by atoms with Crippen molar-refractivity contribution in [3.63, 3.8) is 0 Å². The number of amides is 1. The maximum Gasteiger partial charge on any atom is 0.241 e. The van der Waals surface area contributed by atoms with Gasteiger partial charge >= 0.3 is 0 Å². The Morgan fingerprint density at radius 1 is 1.16 bits per heavy atom. The molecule has 168 valence electrons. The van der Waals surface area contributed by atoms with Crippen molar-refractivity contribution in [3.05, 3.63) is 65.0 Å². The molecule has 3 aromatic rings. The second-order valence-electron chi connectivity index (χ2n) is 7.86. The van der Waals surface area contributed by atoms with E-state index in [4.69, 9.17) is 20.9 Å². The van der Waals surface area contributed by atoms with Crippen LogP contribution in [0.25, 0.3) is 11.4 Å². The second-order valence-corrected chi connectivity index (χ2v) is 8.30. The predicted octanol–water partition coefficient (Wildman–Crippen LogP) is 4.32. The summed E-state index contributed by atoms with van der Waals surface area (Å²) in [6.07, 6.45) is 1.63. The van der Waals surface area contributed by atoms with Gasteiger partial charge in [-0.1, -0.05) is 28.9 Å². The molecule has 0 radical (unpaired) electrons. The zero-order valence-corrected chi connectivity index (χ0v) is 18.8. The van der Waals surface area contributed by atoms with Gasteiger partial charge in [0.25, 0.3) is 0 Å². The largest absolute Gasteiger partial charge is 0.494 e. The lowest BCUT2D eigenvalue weighted by atomic mass is 9.96. The molecule has 0 bridgehead atoms. The van der Waals surface area contributed by atoms with Crippen LogP contribution in [0, 0.1) is 5.92 Å². The fraction of sp³-hybridized carbons (Fsp3) is 0.375. The van der Waals surface area contributed by atoms with E-state index in [9.17, 15) is 4.79 Å². The summed E-state index contributed by atoms with van der Waals surface area (Å²) in [6.45, 7) is 5.35. The summed E-state index contributed by atoms with van der Waals surface area (Å²) in [4.78, 5) is 19.3. The second kappa shape index (κ2) is 10.6. The van der Waals surface area contributed by atoms with Crippen molar-refractivity contribution in [2.45, 2.75) is 32.9 Å². The monoisotopic (exact) mass is 454 g/mol. The first-order valence-electron chi connectivity index (χ1n) is 10.9. The van der Waals surface area contributed by atoms with Gasteiger partial charge in [-0.05, 0) is 74.8 Å². The number of piperidine rings is 1. The first kappa shape index (κ1) is 22.3. The number of nitrogens with zero attached hydrogens (tertiary/aromatic N) is 3. The average molecular weight is 455 g/mol. The van der Waals surface area contributed by atoms with Gasteiger partial charge in [0, 0.05) is 23.0 Å². The molecule has 0 spiro atoms. The average Bonchev–Trinajstić information content (AvgIpc) is 3.28. The van der Waals surface area contributed by atoms with Crippen LogP contribution in [0.4, 0.5) is 0 Å². The molecule has 1 N–H and O–H groups in total. The number of benzene rings is 2. The van der Waals surface area contributed by atoms with E-state index in [0.717, 1.165) is 42.8 Å². The van der Waals surface area contributed by atoms with Gasteiger partial charge in [-0.3, -0.25) is 9.69 Å². The maximum atomic E-state index is 12.6. The Kier molecular flexibility index (Phi) is 7.39. The van der Waals surface area contributed by atoms with E-state index in [0.29, 0.717) is 36.4 Å². The van der Waals surface area contributed by atoms with Crippen molar-refractivity contribution < 1.29 is 14.1 Å². The molecule has 8 heteroatoms. The molecule has 1 saturated heterocycles. The quantitative estimate of drug-likeness (QED) is 0.546. The maximum absolute atomic E-state index is 12.6. The van der Waals surface area contributed by atoms with Gasteiger partial charge in [-0.15, -0.1) is 0 Å². The van der Waals surface area contributed by atoms with Gasteiger partial charge in [0.15, 0.2) is 0 Å². The summed E-state index contributed by atoms with van der Waals surface area (Å²) < 4.78 is 10.9. The van der Waals surface area contributed by atoms with Gasteiger partial charge < -0.3 is 14.6 Å². The third-order valence-corrected chi connectivity index (χ3v) is 5.84. The summed E-state index contributed by atoms with van der Waals surface area (Å²) in [6, 6.07) is 15.2. The SMILES string of the molecule is CCOc1ccc(CNC(=O)C2CCN(Cc3nc(-c4ccc(Cl)cc4)no3)CC2)cc1. The molecule has 1 amide bonds. The molecule has 32 heavy (non-hydrogen) atoms. The first-order chi connectivity index (χ1) is 15.6. The van der Waals surface area contributed by atoms with Crippen molar-refractivity contribution in [1.82, 2.24) is 20.4 Å².